The molecule has 0 unspecified atom stereocenters. The van der Waals surface area contributed by atoms with Gasteiger partial charge in [0.1, 0.15) is 12.2 Å². The second-order valence-electron chi connectivity index (χ2n) is 7.82. The summed E-state index contributed by atoms with van der Waals surface area (Å²) >= 11 is 0. The summed E-state index contributed by atoms with van der Waals surface area (Å²) in [6.07, 6.45) is 0. The van der Waals surface area contributed by atoms with Crippen LogP contribution in [0.4, 0.5) is 0 Å². The molecule has 0 radical (unpaired) electrons. The van der Waals surface area contributed by atoms with Gasteiger partial charge < -0.3 is 4.74 Å². The molecule has 0 aliphatic rings. The van der Waals surface area contributed by atoms with Gasteiger partial charge in [0.25, 0.3) is 15.9 Å². The number of nitrogens with zero attached hydrogens (tertiary/aromatic N) is 1. The first-order chi connectivity index (χ1) is 14.2. The van der Waals surface area contributed by atoms with Gasteiger partial charge in [0.15, 0.2) is 0 Å². The van der Waals surface area contributed by atoms with Crippen LogP contribution in [0.15, 0.2) is 77.7 Å². The number of aromatic nitrogens is 1. The predicted molar refractivity (Wildman–Crippen MR) is 115 cm³/mol. The van der Waals surface area contributed by atoms with E-state index in [-0.39, 0.29) is 28.4 Å². The van der Waals surface area contributed by atoms with Gasteiger partial charge >= 0.3 is 0 Å². The zero-order valence-corrected chi connectivity index (χ0v) is 17.9. The van der Waals surface area contributed by atoms with E-state index in [0.717, 1.165) is 11.3 Å². The summed E-state index contributed by atoms with van der Waals surface area (Å²) in [5.74, 6) is -0.707. The Labute approximate surface area is 177 Å². The Bertz CT molecular complexity index is 1120. The molecule has 3 rings (SSSR count). The van der Waals surface area contributed by atoms with Gasteiger partial charge in [-0.3, -0.25) is 4.79 Å². The highest BCUT2D eigenvalue weighted by Crippen LogP contribution is 2.26. The number of pyridine rings is 1. The maximum absolute atomic E-state index is 12.8. The predicted octanol–water partition coefficient (Wildman–Crippen LogP) is 4.08. The molecule has 0 saturated carbocycles. The van der Waals surface area contributed by atoms with Crippen LogP contribution >= 0.6 is 0 Å². The first kappa shape index (κ1) is 21.5. The molecule has 0 fully saturated rings. The number of carbonyl (C=O) groups excluding carboxylic acids is 1. The van der Waals surface area contributed by atoms with E-state index in [0.29, 0.717) is 0 Å². The Balaban J connectivity index is 1.91. The minimum atomic E-state index is -4.01. The number of nitrogens with one attached hydrogen (secondary N) is 1. The van der Waals surface area contributed by atoms with Crippen LogP contribution in [0.1, 0.15) is 42.4 Å². The van der Waals surface area contributed by atoms with Crippen LogP contribution in [0, 0.1) is 0 Å². The van der Waals surface area contributed by atoms with Crippen LogP contribution in [-0.4, -0.2) is 19.3 Å². The molecule has 156 valence electrons. The first-order valence-corrected chi connectivity index (χ1v) is 11.0. The summed E-state index contributed by atoms with van der Waals surface area (Å²) in [5.41, 5.74) is 1.42. The number of benzene rings is 2. The number of amides is 1. The van der Waals surface area contributed by atoms with Crippen molar-refractivity contribution in [2.24, 2.45) is 0 Å². The average molecular weight is 425 g/mol. The molecule has 6 nitrogen and oxygen atoms in total. The van der Waals surface area contributed by atoms with Crippen molar-refractivity contribution in [2.75, 3.05) is 0 Å². The molecule has 2 aromatic carbocycles. The Morgan fingerprint density at radius 3 is 2.13 bits per heavy atom. The lowest BCUT2D eigenvalue weighted by Gasteiger charge is -2.20. The molecule has 0 saturated heterocycles. The molecule has 1 heterocycles. The number of rotatable bonds is 6. The third-order valence-electron chi connectivity index (χ3n) is 4.37. The third kappa shape index (κ3) is 5.24. The minimum absolute atomic E-state index is 0.00405. The van der Waals surface area contributed by atoms with Crippen LogP contribution in [0.5, 0.6) is 5.88 Å². The number of ether oxygens (including phenoxy) is 1. The minimum Gasteiger partial charge on any atom is -0.472 e. The highest BCUT2D eigenvalue weighted by atomic mass is 32.2. The molecular formula is C23H24N2O4S. The molecular weight excluding hydrogens is 400 g/mol. The van der Waals surface area contributed by atoms with Crippen molar-refractivity contribution in [3.63, 3.8) is 0 Å². The lowest BCUT2D eigenvalue weighted by Crippen LogP contribution is -2.31. The summed E-state index contributed by atoms with van der Waals surface area (Å²) in [5, 5.41) is 0. The van der Waals surface area contributed by atoms with E-state index in [4.69, 9.17) is 4.74 Å². The van der Waals surface area contributed by atoms with Crippen molar-refractivity contribution in [1.29, 1.82) is 0 Å². The highest BCUT2D eigenvalue weighted by molar-refractivity contribution is 7.90. The Morgan fingerprint density at radius 1 is 0.933 bits per heavy atom. The average Bonchev–Trinajstić information content (AvgIpc) is 2.72. The Kier molecular flexibility index (Phi) is 6.22. The fourth-order valence-corrected chi connectivity index (χ4v) is 3.69. The zero-order valence-electron chi connectivity index (χ0n) is 17.1. The Morgan fingerprint density at radius 2 is 1.53 bits per heavy atom. The molecule has 1 aromatic heterocycles. The molecule has 30 heavy (non-hydrogen) atoms. The molecule has 1 N–H and O–H groups in total. The van der Waals surface area contributed by atoms with E-state index >= 15 is 0 Å². The number of carbonyl (C=O) groups is 1. The van der Waals surface area contributed by atoms with Gasteiger partial charge in [-0.25, -0.2) is 18.1 Å². The largest absolute Gasteiger partial charge is 0.472 e. The van der Waals surface area contributed by atoms with Crippen molar-refractivity contribution < 1.29 is 17.9 Å². The quantitative estimate of drug-likeness (QED) is 0.645. The van der Waals surface area contributed by atoms with Crippen LogP contribution in [-0.2, 0) is 22.0 Å². The van der Waals surface area contributed by atoms with Crippen molar-refractivity contribution in [1.82, 2.24) is 9.71 Å². The zero-order chi connectivity index (χ0) is 21.8. The standard InChI is InChI=1S/C23H24N2O4S/c1-23(2,3)20-15-14-19(22(24-20)29-16-17-10-6-4-7-11-17)21(26)25-30(27,28)18-12-8-5-9-13-18/h4-15H,16H2,1-3H3,(H,25,26). The molecule has 0 atom stereocenters. The van der Waals surface area contributed by atoms with E-state index < -0.39 is 15.9 Å². The van der Waals surface area contributed by atoms with Crippen molar-refractivity contribution in [3.05, 3.63) is 89.6 Å². The summed E-state index contributed by atoms with van der Waals surface area (Å²) in [4.78, 5) is 17.3. The fraction of sp³-hybridized carbons (Fsp3) is 0.217. The second-order valence-corrected chi connectivity index (χ2v) is 9.50. The first-order valence-electron chi connectivity index (χ1n) is 9.47. The fourth-order valence-electron chi connectivity index (χ4n) is 2.70. The van der Waals surface area contributed by atoms with E-state index in [1.54, 1.807) is 30.3 Å². The van der Waals surface area contributed by atoms with Gasteiger partial charge in [0.05, 0.1) is 4.90 Å². The van der Waals surface area contributed by atoms with Crippen molar-refractivity contribution >= 4 is 15.9 Å². The summed E-state index contributed by atoms with van der Waals surface area (Å²) in [7, 11) is -4.01. The summed E-state index contributed by atoms with van der Waals surface area (Å²) in [6.45, 7) is 6.19. The molecule has 7 heteroatoms. The molecule has 0 aliphatic heterocycles. The SMILES string of the molecule is CC(C)(C)c1ccc(C(=O)NS(=O)(=O)c2ccccc2)c(OCc2ccccc2)n1. The summed E-state index contributed by atoms with van der Waals surface area (Å²) < 4.78 is 33.0. The maximum atomic E-state index is 12.8. The molecule has 0 aliphatic carbocycles. The van der Waals surface area contributed by atoms with Crippen LogP contribution in [0.3, 0.4) is 0 Å². The number of sulfonamides is 1. The van der Waals surface area contributed by atoms with E-state index in [9.17, 15) is 13.2 Å². The van der Waals surface area contributed by atoms with Gasteiger partial charge in [-0.2, -0.15) is 0 Å². The summed E-state index contributed by atoms with van der Waals surface area (Å²) in [6, 6.07) is 20.4. The highest BCUT2D eigenvalue weighted by Gasteiger charge is 2.24. The second kappa shape index (κ2) is 8.67. The molecule has 0 spiro atoms. The number of hydrogen-bond acceptors (Lipinski definition) is 5. The molecule has 3 aromatic rings. The van der Waals surface area contributed by atoms with Gasteiger partial charge in [0.2, 0.25) is 5.88 Å². The smallest absolute Gasteiger partial charge is 0.270 e. The third-order valence-corrected chi connectivity index (χ3v) is 5.72. The monoisotopic (exact) mass is 424 g/mol. The molecule has 1 amide bonds. The lowest BCUT2D eigenvalue weighted by atomic mass is 9.91. The maximum Gasteiger partial charge on any atom is 0.270 e. The van der Waals surface area contributed by atoms with Crippen LogP contribution < -0.4 is 9.46 Å². The Hall–Kier alpha value is -3.19. The van der Waals surface area contributed by atoms with Crippen molar-refractivity contribution in [3.8, 4) is 5.88 Å². The number of hydrogen-bond donors (Lipinski definition) is 1. The molecule has 0 bridgehead atoms. The van der Waals surface area contributed by atoms with Gasteiger partial charge in [-0.05, 0) is 29.8 Å². The van der Waals surface area contributed by atoms with E-state index in [2.05, 4.69) is 9.71 Å². The van der Waals surface area contributed by atoms with Gasteiger partial charge in [-0.1, -0.05) is 69.3 Å². The van der Waals surface area contributed by atoms with Crippen LogP contribution in [0.2, 0.25) is 0 Å². The lowest BCUT2D eigenvalue weighted by molar-refractivity contribution is 0.0975. The van der Waals surface area contributed by atoms with E-state index in [1.165, 1.54) is 12.1 Å². The van der Waals surface area contributed by atoms with Crippen LogP contribution in [0.25, 0.3) is 0 Å². The normalized spacial score (nSPS) is 11.7. The topological polar surface area (TPSA) is 85.4 Å². The van der Waals surface area contributed by atoms with E-state index in [1.807, 2.05) is 51.1 Å². The van der Waals surface area contributed by atoms with Gasteiger partial charge in [-0.15, -0.1) is 0 Å². The van der Waals surface area contributed by atoms with Crippen molar-refractivity contribution in [2.45, 2.75) is 37.7 Å². The van der Waals surface area contributed by atoms with Gasteiger partial charge in [0, 0.05) is 11.1 Å².